The molecule has 0 heterocycles. The summed E-state index contributed by atoms with van der Waals surface area (Å²) in [5.41, 5.74) is 6.03. The molecule has 2 rings (SSSR count). The summed E-state index contributed by atoms with van der Waals surface area (Å²) < 4.78 is 0. The van der Waals surface area contributed by atoms with E-state index in [9.17, 15) is 0 Å². The van der Waals surface area contributed by atoms with Crippen LogP contribution in [-0.2, 0) is 12.8 Å². The second-order valence-corrected chi connectivity index (χ2v) is 19.1. The quantitative estimate of drug-likeness (QED) is 0.0360. The Hall–Kier alpha value is -2.74. The largest absolute Gasteiger partial charge is 0.255 e. The zero-order valence-electron chi connectivity index (χ0n) is 42.2. The molecule has 0 saturated carbocycles. The zero-order valence-corrected chi connectivity index (χ0v) is 42.2. The van der Waals surface area contributed by atoms with Crippen molar-refractivity contribution in [1.82, 2.24) is 0 Å². The molecule has 0 aliphatic rings. The van der Waals surface area contributed by atoms with Gasteiger partial charge in [0.25, 0.3) is 0 Å². The molecule has 0 aromatic heterocycles. The third kappa shape index (κ3) is 34.3. The Kier molecular flexibility index (Phi) is 39.8. The molecule has 2 nitrogen and oxygen atoms in total. The third-order valence-electron chi connectivity index (χ3n) is 13.1. The van der Waals surface area contributed by atoms with E-state index in [2.05, 4.69) is 99.8 Å². The van der Waals surface area contributed by atoms with Crippen LogP contribution in [0.4, 0.5) is 11.4 Å². The van der Waals surface area contributed by atoms with Crippen LogP contribution in [0.3, 0.4) is 0 Å². The maximum Gasteiger partial charge on any atom is 0.0665 e. The molecular weight excluding hydrogens is 761 g/mol. The second kappa shape index (κ2) is 44.5. The summed E-state index contributed by atoms with van der Waals surface area (Å²) in [5, 5.41) is 0. The van der Waals surface area contributed by atoms with E-state index in [1.165, 1.54) is 229 Å². The summed E-state index contributed by atoms with van der Waals surface area (Å²) in [6.07, 6.45) is 65.5. The number of nitrogens with zero attached hydrogens (tertiary/aromatic N) is 2. The summed E-state index contributed by atoms with van der Waals surface area (Å²) in [6.45, 7) is 6.89. The maximum atomic E-state index is 5.27. The van der Waals surface area contributed by atoms with Crippen LogP contribution in [0.15, 0.2) is 82.8 Å². The average Bonchev–Trinajstić information content (AvgIpc) is 3.30. The van der Waals surface area contributed by atoms with Crippen molar-refractivity contribution in [3.05, 3.63) is 84.0 Å². The van der Waals surface area contributed by atoms with Crippen LogP contribution in [0, 0.1) is 0 Å². The van der Waals surface area contributed by atoms with Gasteiger partial charge in [-0.2, -0.15) is 0 Å². The number of hydrogen-bond acceptors (Lipinski definition) is 2. The molecule has 0 N–H and O–H groups in total. The van der Waals surface area contributed by atoms with Crippen molar-refractivity contribution in [2.24, 2.45) is 9.98 Å². The fraction of sp³-hybridized carbons (Fsp3) is 0.705. The van der Waals surface area contributed by atoms with Gasteiger partial charge in [0.15, 0.2) is 0 Å². The number of benzene rings is 2. The zero-order chi connectivity index (χ0) is 44.8. The number of hydrogen-bond donors (Lipinski definition) is 0. The van der Waals surface area contributed by atoms with E-state index in [1.807, 2.05) is 0 Å². The van der Waals surface area contributed by atoms with E-state index in [0.29, 0.717) is 0 Å². The van der Waals surface area contributed by atoms with E-state index < -0.39 is 0 Å². The van der Waals surface area contributed by atoms with Crippen LogP contribution >= 0.6 is 0 Å². The van der Waals surface area contributed by atoms with E-state index in [0.717, 1.165) is 55.6 Å². The Morgan fingerprint density at radius 1 is 0.349 bits per heavy atom. The maximum absolute atomic E-state index is 5.27. The highest BCUT2D eigenvalue weighted by atomic mass is 14.8. The Bertz CT molecular complexity index is 1400. The number of aryl methyl sites for hydroxylation is 2. The van der Waals surface area contributed by atoms with Crippen molar-refractivity contribution >= 4 is 23.3 Å². The van der Waals surface area contributed by atoms with E-state index in [4.69, 9.17) is 9.98 Å². The minimum atomic E-state index is 0.972. The predicted octanol–water partition coefficient (Wildman–Crippen LogP) is 21.2. The minimum absolute atomic E-state index is 0.972. The Morgan fingerprint density at radius 2 is 0.667 bits per heavy atom. The first-order valence-electron chi connectivity index (χ1n) is 27.9. The highest BCUT2D eigenvalue weighted by Gasteiger charge is 2.05. The van der Waals surface area contributed by atoms with Gasteiger partial charge in [-0.15, -0.1) is 0 Å². The van der Waals surface area contributed by atoms with Crippen molar-refractivity contribution in [2.45, 2.75) is 278 Å². The number of para-hydroxylation sites is 2. The van der Waals surface area contributed by atoms with Gasteiger partial charge in [-0.05, 0) is 100 Å². The first-order chi connectivity index (χ1) is 31.3. The van der Waals surface area contributed by atoms with Gasteiger partial charge in [0.2, 0.25) is 0 Å². The summed E-state index contributed by atoms with van der Waals surface area (Å²) in [4.78, 5) is 10.4. The molecule has 2 aromatic carbocycles. The lowest BCUT2D eigenvalue weighted by Crippen LogP contribution is -2.01. The van der Waals surface area contributed by atoms with Gasteiger partial charge >= 0.3 is 0 Å². The number of rotatable bonds is 45. The number of aliphatic imine (C=N–C) groups is 2. The lowest BCUT2D eigenvalue weighted by Gasteiger charge is -2.08. The van der Waals surface area contributed by atoms with Crippen molar-refractivity contribution < 1.29 is 0 Å². The van der Waals surface area contributed by atoms with Crippen molar-refractivity contribution in [1.29, 1.82) is 0 Å². The summed E-state index contributed by atoms with van der Waals surface area (Å²) in [7, 11) is 0. The van der Waals surface area contributed by atoms with Gasteiger partial charge < -0.3 is 0 Å². The third-order valence-corrected chi connectivity index (χ3v) is 13.1. The Balaban J connectivity index is 1.67. The Morgan fingerprint density at radius 3 is 1.08 bits per heavy atom. The predicted molar refractivity (Wildman–Crippen MR) is 286 cm³/mol. The topological polar surface area (TPSA) is 24.7 Å². The van der Waals surface area contributed by atoms with Crippen molar-refractivity contribution in [2.75, 3.05) is 0 Å². The lowest BCUT2D eigenvalue weighted by atomic mass is 10.0. The van der Waals surface area contributed by atoms with Crippen LogP contribution in [-0.4, -0.2) is 11.9 Å². The molecule has 0 unspecified atom stereocenters. The number of allylic oxidation sites excluding steroid dienone is 4. The summed E-state index contributed by atoms with van der Waals surface area (Å²) in [5.74, 6) is 0. The SMILES string of the molecule is CCCCCCCCCCCCCCCCC=CCCCc1ccccc1N=CC(CCCCC)=Nc1ccccc1CCCC=CCCCCCCCCCCCCCCCC. The molecule has 0 saturated heterocycles. The van der Waals surface area contributed by atoms with Gasteiger partial charge in [0, 0.05) is 6.21 Å². The molecular formula is C61H102N2. The van der Waals surface area contributed by atoms with Gasteiger partial charge in [0.05, 0.1) is 17.1 Å². The van der Waals surface area contributed by atoms with Crippen LogP contribution in [0.2, 0.25) is 0 Å². The minimum Gasteiger partial charge on any atom is -0.255 e. The molecule has 0 fully saturated rings. The normalized spacial score (nSPS) is 12.3. The van der Waals surface area contributed by atoms with Crippen molar-refractivity contribution in [3.8, 4) is 0 Å². The number of unbranched alkanes of at least 4 members (excludes halogenated alkanes) is 32. The highest BCUT2D eigenvalue weighted by Crippen LogP contribution is 2.24. The van der Waals surface area contributed by atoms with Crippen molar-refractivity contribution in [3.63, 3.8) is 0 Å². The van der Waals surface area contributed by atoms with Crippen LogP contribution in [0.25, 0.3) is 0 Å². The first kappa shape index (κ1) is 56.4. The van der Waals surface area contributed by atoms with Crippen LogP contribution in [0.5, 0.6) is 0 Å². The first-order valence-corrected chi connectivity index (χ1v) is 27.9. The molecule has 0 bridgehead atoms. The van der Waals surface area contributed by atoms with Gasteiger partial charge in [0.1, 0.15) is 0 Å². The smallest absolute Gasteiger partial charge is 0.0665 e. The molecule has 63 heavy (non-hydrogen) atoms. The molecule has 0 spiro atoms. The highest BCUT2D eigenvalue weighted by molar-refractivity contribution is 6.31. The fourth-order valence-corrected chi connectivity index (χ4v) is 8.89. The average molecular weight is 864 g/mol. The molecule has 0 aliphatic heterocycles. The summed E-state index contributed by atoms with van der Waals surface area (Å²) in [6, 6.07) is 17.5. The molecule has 0 amide bonds. The van der Waals surface area contributed by atoms with Gasteiger partial charge in [-0.1, -0.05) is 261 Å². The lowest BCUT2D eigenvalue weighted by molar-refractivity contribution is 0.536. The second-order valence-electron chi connectivity index (χ2n) is 19.1. The van der Waals surface area contributed by atoms with E-state index in [1.54, 1.807) is 0 Å². The molecule has 0 aliphatic carbocycles. The molecule has 356 valence electrons. The monoisotopic (exact) mass is 863 g/mol. The van der Waals surface area contributed by atoms with Gasteiger partial charge in [-0.3, -0.25) is 9.98 Å². The molecule has 2 heteroatoms. The van der Waals surface area contributed by atoms with E-state index >= 15 is 0 Å². The fourth-order valence-electron chi connectivity index (χ4n) is 8.89. The van der Waals surface area contributed by atoms with Gasteiger partial charge in [-0.25, -0.2) is 0 Å². The van der Waals surface area contributed by atoms with Crippen LogP contribution < -0.4 is 0 Å². The molecule has 0 radical (unpaired) electrons. The summed E-state index contributed by atoms with van der Waals surface area (Å²) >= 11 is 0. The molecule has 2 aromatic rings. The van der Waals surface area contributed by atoms with E-state index in [-0.39, 0.29) is 0 Å². The standard InChI is InChI=1S/C61H102N2/c1-4-7-10-12-14-16-18-20-22-24-26-28-30-32-34-36-38-40-43-49-57-51-45-47-54-60(57)62-56-59(53-42-9-6-3)63-61-55-48-46-52-58(61)50-44-41-39-37-35-33-31-29-27-25-23-21-19-17-15-13-11-8-5-2/h36-39,45-48,51-52,54-56H,4-35,40-44,49-50,53H2,1-3H3. The Labute approximate surface area is 393 Å². The van der Waals surface area contributed by atoms with Crippen LogP contribution in [0.1, 0.15) is 276 Å². The molecule has 0 atom stereocenters.